The number of aliphatic carboxylic acids is 2. The Hall–Kier alpha value is -2.86. The average molecular weight is 357 g/mol. The van der Waals surface area contributed by atoms with Gasteiger partial charge in [0.25, 0.3) is 0 Å². The second kappa shape index (κ2) is 9.01. The third-order valence-electron chi connectivity index (χ3n) is 4.08. The molecular weight excluding hydrogens is 334 g/mol. The van der Waals surface area contributed by atoms with Crippen molar-refractivity contribution in [1.29, 1.82) is 0 Å². The highest BCUT2D eigenvalue weighted by Gasteiger charge is 2.34. The maximum Gasteiger partial charge on any atom is 0.332 e. The van der Waals surface area contributed by atoms with Crippen LogP contribution in [0.5, 0.6) is 0 Å². The first kappa shape index (κ1) is 19.5. The number of hydrogen-bond donors (Lipinski definition) is 2. The van der Waals surface area contributed by atoms with Crippen LogP contribution in [0, 0.1) is 0 Å². The maximum absolute atomic E-state index is 11.9. The minimum atomic E-state index is -1.11. The molecule has 0 spiro atoms. The molecule has 0 aliphatic heterocycles. The molecule has 0 bridgehead atoms. The van der Waals surface area contributed by atoms with Crippen molar-refractivity contribution in [3.05, 3.63) is 66.2 Å². The quantitative estimate of drug-likeness (QED) is 0.668. The fourth-order valence-electron chi connectivity index (χ4n) is 2.74. The standard InChI is InChI=1S/C20H23NO5/c1-3-17(20(24)25)21(16-12-8-5-9-13-16)18(26-14(2)19(22)23)15-10-6-4-7-11-15/h4-14,17-18H,3H2,1-2H3,(H,22,23)(H,24,25)/t14-,17?,18+/m1/s1. The zero-order valence-electron chi connectivity index (χ0n) is 14.8. The summed E-state index contributed by atoms with van der Waals surface area (Å²) in [6, 6.07) is 17.2. The van der Waals surface area contributed by atoms with E-state index in [1.54, 1.807) is 48.2 Å². The summed E-state index contributed by atoms with van der Waals surface area (Å²) in [6.07, 6.45) is -1.62. The molecule has 26 heavy (non-hydrogen) atoms. The summed E-state index contributed by atoms with van der Waals surface area (Å²) in [5, 5.41) is 19.0. The van der Waals surface area contributed by atoms with Crippen LogP contribution in [-0.2, 0) is 14.3 Å². The van der Waals surface area contributed by atoms with Crippen molar-refractivity contribution in [3.8, 4) is 0 Å². The van der Waals surface area contributed by atoms with Gasteiger partial charge in [-0.1, -0.05) is 55.5 Å². The Balaban J connectivity index is 2.56. The summed E-state index contributed by atoms with van der Waals surface area (Å²) < 4.78 is 5.81. The van der Waals surface area contributed by atoms with Gasteiger partial charge in [-0.15, -0.1) is 0 Å². The Bertz CT molecular complexity index is 719. The smallest absolute Gasteiger partial charge is 0.332 e. The molecule has 0 radical (unpaired) electrons. The molecule has 0 saturated carbocycles. The molecule has 0 amide bonds. The average Bonchev–Trinajstić information content (AvgIpc) is 2.65. The van der Waals surface area contributed by atoms with Gasteiger partial charge in [0.05, 0.1) is 0 Å². The van der Waals surface area contributed by atoms with E-state index in [0.29, 0.717) is 17.7 Å². The lowest BCUT2D eigenvalue weighted by atomic mass is 10.1. The van der Waals surface area contributed by atoms with Gasteiger partial charge in [-0.2, -0.15) is 0 Å². The molecule has 1 unspecified atom stereocenters. The van der Waals surface area contributed by atoms with Crippen molar-refractivity contribution >= 4 is 17.6 Å². The first-order valence-corrected chi connectivity index (χ1v) is 8.45. The van der Waals surface area contributed by atoms with Crippen LogP contribution in [-0.4, -0.2) is 34.3 Å². The Labute approximate surface area is 152 Å². The van der Waals surface area contributed by atoms with E-state index in [0.717, 1.165) is 0 Å². The van der Waals surface area contributed by atoms with Crippen molar-refractivity contribution < 1.29 is 24.5 Å². The summed E-state index contributed by atoms with van der Waals surface area (Å²) >= 11 is 0. The number of hydrogen-bond acceptors (Lipinski definition) is 4. The highest BCUT2D eigenvalue weighted by Crippen LogP contribution is 2.32. The van der Waals surface area contributed by atoms with E-state index < -0.39 is 30.3 Å². The van der Waals surface area contributed by atoms with Gasteiger partial charge in [-0.3, -0.25) is 0 Å². The second-order valence-electron chi connectivity index (χ2n) is 5.88. The van der Waals surface area contributed by atoms with Crippen LogP contribution in [0.15, 0.2) is 60.7 Å². The lowest BCUT2D eigenvalue weighted by molar-refractivity contribution is -0.153. The van der Waals surface area contributed by atoms with Gasteiger partial charge in [0.15, 0.2) is 12.3 Å². The Kier molecular flexibility index (Phi) is 6.74. The molecule has 0 aromatic heterocycles. The van der Waals surface area contributed by atoms with Crippen LogP contribution in [0.4, 0.5) is 5.69 Å². The van der Waals surface area contributed by atoms with Crippen molar-refractivity contribution in [2.45, 2.75) is 38.6 Å². The number of benzene rings is 2. The van der Waals surface area contributed by atoms with Crippen LogP contribution in [0.3, 0.4) is 0 Å². The van der Waals surface area contributed by atoms with Crippen molar-refractivity contribution in [2.75, 3.05) is 4.90 Å². The lowest BCUT2D eigenvalue weighted by Crippen LogP contribution is -2.45. The zero-order chi connectivity index (χ0) is 19.1. The van der Waals surface area contributed by atoms with E-state index in [2.05, 4.69) is 0 Å². The number of carbonyl (C=O) groups is 2. The monoisotopic (exact) mass is 357 g/mol. The SMILES string of the molecule is CCC(C(=O)O)N(c1ccccc1)[C@@H](O[C@H](C)C(=O)O)c1ccccc1. The summed E-state index contributed by atoms with van der Waals surface area (Å²) in [7, 11) is 0. The zero-order valence-corrected chi connectivity index (χ0v) is 14.8. The summed E-state index contributed by atoms with van der Waals surface area (Å²) in [4.78, 5) is 24.8. The fraction of sp³-hybridized carbons (Fsp3) is 0.300. The molecule has 138 valence electrons. The number of nitrogens with zero attached hydrogens (tertiary/aromatic N) is 1. The van der Waals surface area contributed by atoms with Gasteiger partial charge in [-0.25, -0.2) is 9.59 Å². The van der Waals surface area contributed by atoms with Crippen molar-refractivity contribution in [1.82, 2.24) is 0 Å². The molecule has 6 heteroatoms. The molecule has 0 aliphatic rings. The molecule has 0 saturated heterocycles. The van der Waals surface area contributed by atoms with E-state index >= 15 is 0 Å². The lowest BCUT2D eigenvalue weighted by Gasteiger charge is -2.38. The fourth-order valence-corrected chi connectivity index (χ4v) is 2.74. The van der Waals surface area contributed by atoms with E-state index in [1.165, 1.54) is 6.92 Å². The highest BCUT2D eigenvalue weighted by atomic mass is 16.5. The summed E-state index contributed by atoms with van der Waals surface area (Å²) in [5.41, 5.74) is 1.33. The normalized spacial score (nSPS) is 14.2. The van der Waals surface area contributed by atoms with Gasteiger partial charge in [0.1, 0.15) is 6.04 Å². The molecule has 2 aromatic rings. The number of ether oxygens (including phenoxy) is 1. The topological polar surface area (TPSA) is 87.1 Å². The maximum atomic E-state index is 11.9. The minimum absolute atomic E-state index is 0.332. The predicted molar refractivity (Wildman–Crippen MR) is 98.0 cm³/mol. The molecule has 2 aromatic carbocycles. The van der Waals surface area contributed by atoms with E-state index in [1.807, 2.05) is 24.3 Å². The van der Waals surface area contributed by atoms with E-state index in [4.69, 9.17) is 4.74 Å². The Morgan fingerprint density at radius 2 is 1.50 bits per heavy atom. The molecule has 2 N–H and O–H groups in total. The Morgan fingerprint density at radius 3 is 1.96 bits per heavy atom. The molecule has 6 nitrogen and oxygen atoms in total. The van der Waals surface area contributed by atoms with Crippen LogP contribution in [0.1, 0.15) is 32.1 Å². The minimum Gasteiger partial charge on any atom is -0.480 e. The van der Waals surface area contributed by atoms with E-state index in [-0.39, 0.29) is 0 Å². The van der Waals surface area contributed by atoms with Gasteiger partial charge < -0.3 is 19.8 Å². The number of rotatable bonds is 9. The molecule has 2 rings (SSSR count). The molecular formula is C20H23NO5. The molecule has 0 fully saturated rings. The van der Waals surface area contributed by atoms with Gasteiger partial charge in [0.2, 0.25) is 0 Å². The second-order valence-corrected chi connectivity index (χ2v) is 5.88. The number of para-hydroxylation sites is 1. The van der Waals surface area contributed by atoms with Crippen LogP contribution in [0.2, 0.25) is 0 Å². The van der Waals surface area contributed by atoms with Gasteiger partial charge >= 0.3 is 11.9 Å². The number of carboxylic acid groups (broad SMARTS) is 2. The third kappa shape index (κ3) is 4.61. The molecule has 0 heterocycles. The van der Waals surface area contributed by atoms with Crippen LogP contribution >= 0.6 is 0 Å². The molecule has 3 atom stereocenters. The van der Waals surface area contributed by atoms with Crippen molar-refractivity contribution in [3.63, 3.8) is 0 Å². The third-order valence-corrected chi connectivity index (χ3v) is 4.08. The summed E-state index contributed by atoms with van der Waals surface area (Å²) in [6.45, 7) is 3.21. The largest absolute Gasteiger partial charge is 0.480 e. The van der Waals surface area contributed by atoms with Gasteiger partial charge in [-0.05, 0) is 25.5 Å². The molecule has 0 aliphatic carbocycles. The predicted octanol–water partition coefficient (Wildman–Crippen LogP) is 3.54. The van der Waals surface area contributed by atoms with Crippen LogP contribution < -0.4 is 4.90 Å². The summed E-state index contributed by atoms with van der Waals surface area (Å²) in [5.74, 6) is -2.11. The number of carboxylic acids is 2. The van der Waals surface area contributed by atoms with Crippen molar-refractivity contribution in [2.24, 2.45) is 0 Å². The number of anilines is 1. The van der Waals surface area contributed by atoms with E-state index in [9.17, 15) is 19.8 Å². The first-order chi connectivity index (χ1) is 12.5. The highest BCUT2D eigenvalue weighted by molar-refractivity contribution is 5.78. The van der Waals surface area contributed by atoms with Gasteiger partial charge in [0, 0.05) is 11.3 Å². The Morgan fingerprint density at radius 1 is 0.962 bits per heavy atom. The van der Waals surface area contributed by atoms with Crippen LogP contribution in [0.25, 0.3) is 0 Å². The first-order valence-electron chi connectivity index (χ1n) is 8.45.